The van der Waals surface area contributed by atoms with Crippen LogP contribution in [0.3, 0.4) is 0 Å². The number of rotatable bonds is 5. The van der Waals surface area contributed by atoms with Crippen molar-refractivity contribution in [2.75, 3.05) is 26.0 Å². The Morgan fingerprint density at radius 2 is 2.24 bits per heavy atom. The molecular formula is C13H13BrN2O4S. The van der Waals surface area contributed by atoms with Crippen LogP contribution in [0, 0.1) is 0 Å². The highest BCUT2D eigenvalue weighted by Gasteiger charge is 2.29. The van der Waals surface area contributed by atoms with Gasteiger partial charge in [-0.1, -0.05) is 27.7 Å². The van der Waals surface area contributed by atoms with Gasteiger partial charge in [0, 0.05) is 17.6 Å². The van der Waals surface area contributed by atoms with E-state index in [1.807, 2.05) is 0 Å². The summed E-state index contributed by atoms with van der Waals surface area (Å²) < 4.78 is 5.96. The van der Waals surface area contributed by atoms with E-state index in [4.69, 9.17) is 4.74 Å². The third-order valence-electron chi connectivity index (χ3n) is 2.87. The SMILES string of the molecule is COc1cc(Br)ccc1C(=O)NCCN1C(=O)CSC1=O. The van der Waals surface area contributed by atoms with E-state index >= 15 is 0 Å². The van der Waals surface area contributed by atoms with Crippen molar-refractivity contribution in [3.63, 3.8) is 0 Å². The summed E-state index contributed by atoms with van der Waals surface area (Å²) in [6.07, 6.45) is 0. The van der Waals surface area contributed by atoms with Crippen LogP contribution in [-0.2, 0) is 4.79 Å². The van der Waals surface area contributed by atoms with Crippen LogP contribution in [0.15, 0.2) is 22.7 Å². The van der Waals surface area contributed by atoms with Gasteiger partial charge >= 0.3 is 0 Å². The van der Waals surface area contributed by atoms with Gasteiger partial charge in [-0.15, -0.1) is 0 Å². The molecule has 0 atom stereocenters. The van der Waals surface area contributed by atoms with Crippen molar-refractivity contribution < 1.29 is 19.1 Å². The lowest BCUT2D eigenvalue weighted by atomic mass is 10.2. The minimum absolute atomic E-state index is 0.174. The van der Waals surface area contributed by atoms with Gasteiger partial charge in [-0.2, -0.15) is 0 Å². The van der Waals surface area contributed by atoms with E-state index in [9.17, 15) is 14.4 Å². The van der Waals surface area contributed by atoms with Gasteiger partial charge in [0.05, 0.1) is 18.4 Å². The van der Waals surface area contributed by atoms with Crippen molar-refractivity contribution in [3.8, 4) is 5.75 Å². The van der Waals surface area contributed by atoms with Gasteiger partial charge in [-0.3, -0.25) is 19.3 Å². The lowest BCUT2D eigenvalue weighted by molar-refractivity contribution is -0.124. The normalized spacial score (nSPS) is 14.5. The zero-order chi connectivity index (χ0) is 15.4. The number of nitrogens with one attached hydrogen (secondary N) is 1. The second-order valence-corrected chi connectivity index (χ2v) is 6.04. The van der Waals surface area contributed by atoms with Crippen LogP contribution in [0.5, 0.6) is 5.75 Å². The van der Waals surface area contributed by atoms with Crippen molar-refractivity contribution in [3.05, 3.63) is 28.2 Å². The molecule has 21 heavy (non-hydrogen) atoms. The summed E-state index contributed by atoms with van der Waals surface area (Å²) in [7, 11) is 1.48. The molecule has 1 fully saturated rings. The molecule has 1 aliphatic heterocycles. The first-order valence-electron chi connectivity index (χ1n) is 6.12. The van der Waals surface area contributed by atoms with E-state index in [1.165, 1.54) is 7.11 Å². The maximum absolute atomic E-state index is 12.1. The first-order chi connectivity index (χ1) is 10.0. The molecule has 1 aromatic rings. The van der Waals surface area contributed by atoms with Crippen LogP contribution >= 0.6 is 27.7 Å². The third kappa shape index (κ3) is 3.76. The Bertz CT molecular complexity index is 578. The van der Waals surface area contributed by atoms with Crippen molar-refractivity contribution in [2.45, 2.75) is 0 Å². The number of ether oxygens (including phenoxy) is 1. The summed E-state index contributed by atoms with van der Waals surface area (Å²) in [4.78, 5) is 36.0. The number of nitrogens with zero attached hydrogens (tertiary/aromatic N) is 1. The number of hydrogen-bond acceptors (Lipinski definition) is 5. The fraction of sp³-hybridized carbons (Fsp3) is 0.308. The van der Waals surface area contributed by atoms with Crippen molar-refractivity contribution >= 4 is 44.7 Å². The molecule has 1 heterocycles. The lowest BCUT2D eigenvalue weighted by Gasteiger charge is -2.14. The number of imide groups is 1. The molecule has 0 aromatic heterocycles. The molecule has 1 saturated heterocycles. The molecular weight excluding hydrogens is 360 g/mol. The fourth-order valence-electron chi connectivity index (χ4n) is 1.83. The maximum Gasteiger partial charge on any atom is 0.288 e. The molecule has 3 amide bonds. The van der Waals surface area contributed by atoms with Gasteiger partial charge in [-0.05, 0) is 18.2 Å². The smallest absolute Gasteiger partial charge is 0.288 e. The van der Waals surface area contributed by atoms with Crippen LogP contribution in [-0.4, -0.2) is 47.9 Å². The Kier molecular flexibility index (Phi) is 5.24. The Morgan fingerprint density at radius 1 is 1.48 bits per heavy atom. The zero-order valence-corrected chi connectivity index (χ0v) is 13.6. The number of hydrogen-bond donors (Lipinski definition) is 1. The van der Waals surface area contributed by atoms with Crippen molar-refractivity contribution in [1.82, 2.24) is 10.2 Å². The minimum atomic E-state index is -0.314. The van der Waals surface area contributed by atoms with Gasteiger partial charge in [0.25, 0.3) is 11.1 Å². The van der Waals surface area contributed by atoms with E-state index in [0.29, 0.717) is 11.3 Å². The Morgan fingerprint density at radius 3 is 2.86 bits per heavy atom. The first-order valence-corrected chi connectivity index (χ1v) is 7.89. The summed E-state index contributed by atoms with van der Waals surface area (Å²) in [5.74, 6) is 0.0881. The number of carbonyl (C=O) groups is 3. The number of halogens is 1. The van der Waals surface area contributed by atoms with Crippen LogP contribution in [0.4, 0.5) is 4.79 Å². The summed E-state index contributed by atoms with van der Waals surface area (Å²) >= 11 is 4.28. The van der Waals surface area contributed by atoms with Gasteiger partial charge in [0.1, 0.15) is 5.75 Å². The molecule has 8 heteroatoms. The van der Waals surface area contributed by atoms with E-state index in [0.717, 1.165) is 21.1 Å². The Hall–Kier alpha value is -1.54. The lowest BCUT2D eigenvalue weighted by Crippen LogP contribution is -2.37. The van der Waals surface area contributed by atoms with Crippen LogP contribution in [0.25, 0.3) is 0 Å². The van der Waals surface area contributed by atoms with Gasteiger partial charge < -0.3 is 10.1 Å². The quantitative estimate of drug-likeness (QED) is 0.853. The molecule has 0 spiro atoms. The summed E-state index contributed by atoms with van der Waals surface area (Å²) in [6.45, 7) is 0.380. The average molecular weight is 373 g/mol. The third-order valence-corrected chi connectivity index (χ3v) is 4.22. The molecule has 6 nitrogen and oxygen atoms in total. The Labute approximate surface area is 134 Å². The van der Waals surface area contributed by atoms with Crippen molar-refractivity contribution in [2.24, 2.45) is 0 Å². The summed E-state index contributed by atoms with van der Waals surface area (Å²) in [5, 5.41) is 2.40. The van der Waals surface area contributed by atoms with E-state index in [-0.39, 0.29) is 35.9 Å². The minimum Gasteiger partial charge on any atom is -0.496 e. The second-order valence-electron chi connectivity index (χ2n) is 4.20. The molecule has 112 valence electrons. The molecule has 1 N–H and O–H groups in total. The Balaban J connectivity index is 1.93. The average Bonchev–Trinajstić information content (AvgIpc) is 2.78. The molecule has 0 unspecified atom stereocenters. The first kappa shape index (κ1) is 15.8. The maximum atomic E-state index is 12.1. The molecule has 0 bridgehead atoms. The van der Waals surface area contributed by atoms with Crippen LogP contribution < -0.4 is 10.1 Å². The van der Waals surface area contributed by atoms with Gasteiger partial charge in [0.15, 0.2) is 0 Å². The summed E-state index contributed by atoms with van der Waals surface area (Å²) in [6, 6.07) is 5.07. The van der Waals surface area contributed by atoms with Crippen LogP contribution in [0.2, 0.25) is 0 Å². The van der Waals surface area contributed by atoms with Crippen molar-refractivity contribution in [1.29, 1.82) is 0 Å². The predicted molar refractivity (Wildman–Crippen MR) is 82.6 cm³/mol. The van der Waals surface area contributed by atoms with Gasteiger partial charge in [0.2, 0.25) is 5.91 Å². The molecule has 0 aliphatic carbocycles. The molecule has 1 aliphatic rings. The number of benzene rings is 1. The summed E-state index contributed by atoms with van der Waals surface area (Å²) in [5.41, 5.74) is 0.397. The predicted octanol–water partition coefficient (Wildman–Crippen LogP) is 1.88. The van der Waals surface area contributed by atoms with E-state index < -0.39 is 0 Å². The number of thioether (sulfide) groups is 1. The standard InChI is InChI=1S/C13H13BrN2O4S/c1-20-10-6-8(14)2-3-9(10)12(18)15-4-5-16-11(17)7-21-13(16)19/h2-3,6H,4-5,7H2,1H3,(H,15,18). The van der Waals surface area contributed by atoms with E-state index in [2.05, 4.69) is 21.2 Å². The molecule has 0 saturated carbocycles. The topological polar surface area (TPSA) is 75.7 Å². The molecule has 1 aromatic carbocycles. The number of methoxy groups -OCH3 is 1. The van der Waals surface area contributed by atoms with Gasteiger partial charge in [-0.25, -0.2) is 0 Å². The molecule has 0 radical (unpaired) electrons. The monoisotopic (exact) mass is 372 g/mol. The molecule has 2 rings (SSSR count). The van der Waals surface area contributed by atoms with Crippen LogP contribution in [0.1, 0.15) is 10.4 Å². The zero-order valence-electron chi connectivity index (χ0n) is 11.2. The second kappa shape index (κ2) is 6.95. The number of carbonyl (C=O) groups excluding carboxylic acids is 3. The highest BCUT2D eigenvalue weighted by atomic mass is 79.9. The highest BCUT2D eigenvalue weighted by Crippen LogP contribution is 2.23. The largest absolute Gasteiger partial charge is 0.496 e. The highest BCUT2D eigenvalue weighted by molar-refractivity contribution is 9.10. The fourth-order valence-corrected chi connectivity index (χ4v) is 2.92. The van der Waals surface area contributed by atoms with E-state index in [1.54, 1.807) is 18.2 Å². The number of amides is 3.